The summed E-state index contributed by atoms with van der Waals surface area (Å²) in [7, 11) is 0. The third-order valence-corrected chi connectivity index (χ3v) is 7.35. The smallest absolute Gasteiger partial charge is 0.301 e. The highest BCUT2D eigenvalue weighted by Crippen LogP contribution is 2.45. The molecule has 1 unspecified atom stereocenters. The van der Waals surface area contributed by atoms with Gasteiger partial charge >= 0.3 is 5.91 Å². The maximum absolute atomic E-state index is 13.4. The first kappa shape index (κ1) is 25.1. The molecule has 3 aromatic carbocycles. The third kappa shape index (κ3) is 4.39. The van der Waals surface area contributed by atoms with E-state index in [1.165, 1.54) is 34.4 Å². The van der Waals surface area contributed by atoms with Crippen LogP contribution in [0.4, 0.5) is 10.8 Å². The van der Waals surface area contributed by atoms with Crippen molar-refractivity contribution < 1.29 is 24.4 Å². The van der Waals surface area contributed by atoms with E-state index in [1.807, 2.05) is 32.0 Å². The molecule has 1 saturated heterocycles. The lowest BCUT2D eigenvalue weighted by molar-refractivity contribution is -0.384. The zero-order valence-electron chi connectivity index (χ0n) is 20.6. The summed E-state index contributed by atoms with van der Waals surface area (Å²) in [4.78, 5) is 43.6. The molecule has 10 heteroatoms. The van der Waals surface area contributed by atoms with E-state index in [0.29, 0.717) is 29.0 Å². The molecule has 2 heterocycles. The number of aromatic nitrogens is 1. The number of hydrogen-bond acceptors (Lipinski definition) is 8. The number of benzene rings is 3. The highest BCUT2D eigenvalue weighted by Gasteiger charge is 2.48. The summed E-state index contributed by atoms with van der Waals surface area (Å²) in [6.45, 7) is 4.34. The minimum atomic E-state index is -1.12. The number of aryl methyl sites for hydroxylation is 1. The molecule has 1 aromatic heterocycles. The van der Waals surface area contributed by atoms with Crippen LogP contribution in [0.5, 0.6) is 5.75 Å². The van der Waals surface area contributed by atoms with Gasteiger partial charge in [-0.15, -0.1) is 0 Å². The van der Waals surface area contributed by atoms with Crippen LogP contribution < -0.4 is 9.64 Å². The van der Waals surface area contributed by atoms with Crippen molar-refractivity contribution in [2.45, 2.75) is 26.3 Å². The number of thiazole rings is 1. The van der Waals surface area contributed by atoms with E-state index >= 15 is 0 Å². The Kier molecular flexibility index (Phi) is 6.64. The maximum Gasteiger partial charge on any atom is 0.301 e. The average molecular weight is 530 g/mol. The van der Waals surface area contributed by atoms with Crippen LogP contribution in [0, 0.1) is 10.1 Å². The molecule has 4 aromatic rings. The highest BCUT2D eigenvalue weighted by atomic mass is 32.1. The van der Waals surface area contributed by atoms with Crippen molar-refractivity contribution in [1.29, 1.82) is 0 Å². The van der Waals surface area contributed by atoms with Crippen molar-refractivity contribution in [3.8, 4) is 5.75 Å². The van der Waals surface area contributed by atoms with Crippen molar-refractivity contribution in [3.63, 3.8) is 0 Å². The first-order chi connectivity index (χ1) is 18.3. The van der Waals surface area contributed by atoms with E-state index in [9.17, 15) is 24.8 Å². The van der Waals surface area contributed by atoms with Crippen LogP contribution in [0.15, 0.2) is 72.3 Å². The highest BCUT2D eigenvalue weighted by molar-refractivity contribution is 7.22. The van der Waals surface area contributed by atoms with E-state index < -0.39 is 22.7 Å². The molecule has 0 aliphatic carbocycles. The number of non-ortho nitro benzene ring substituents is 1. The number of rotatable bonds is 7. The molecular formula is C28H23N3O6S. The Morgan fingerprint density at radius 1 is 1.11 bits per heavy atom. The number of nitrogens with zero attached hydrogens (tertiary/aromatic N) is 3. The molecule has 1 atom stereocenters. The lowest BCUT2D eigenvalue weighted by Crippen LogP contribution is -2.29. The number of ketones is 1. The van der Waals surface area contributed by atoms with E-state index in [4.69, 9.17) is 4.74 Å². The minimum absolute atomic E-state index is 0.173. The van der Waals surface area contributed by atoms with E-state index in [1.54, 1.807) is 30.3 Å². The summed E-state index contributed by atoms with van der Waals surface area (Å²) in [6, 6.07) is 16.8. The molecule has 0 bridgehead atoms. The Hall–Kier alpha value is -4.57. The van der Waals surface area contributed by atoms with Crippen molar-refractivity contribution >= 4 is 49.8 Å². The zero-order valence-corrected chi connectivity index (χ0v) is 21.4. The molecule has 0 saturated carbocycles. The average Bonchev–Trinajstić information content (AvgIpc) is 3.46. The molecule has 9 nitrogen and oxygen atoms in total. The van der Waals surface area contributed by atoms with Gasteiger partial charge in [0.15, 0.2) is 5.13 Å². The Labute approximate surface area is 221 Å². The summed E-state index contributed by atoms with van der Waals surface area (Å²) < 4.78 is 6.29. The molecule has 1 aliphatic heterocycles. The quantitative estimate of drug-likeness (QED) is 0.106. The van der Waals surface area contributed by atoms with Gasteiger partial charge in [-0.05, 0) is 60.9 Å². The second-order valence-corrected chi connectivity index (χ2v) is 9.64. The van der Waals surface area contributed by atoms with E-state index in [0.717, 1.165) is 16.7 Å². The second-order valence-electron chi connectivity index (χ2n) is 8.63. The molecule has 192 valence electrons. The van der Waals surface area contributed by atoms with Gasteiger partial charge in [-0.25, -0.2) is 4.98 Å². The van der Waals surface area contributed by atoms with Crippen LogP contribution in [0.2, 0.25) is 0 Å². The Morgan fingerprint density at radius 2 is 1.87 bits per heavy atom. The standard InChI is InChI=1S/C28H23N3O6S/c1-3-16-8-13-21-22(14-16)38-28(29-21)30-24(18-6-5-7-19(15-18)31(35)36)23(26(33)27(30)34)25(32)17-9-11-20(12-10-17)37-4-2/h5-15,24,32H,3-4H2,1-2H3/b25-23+. The SMILES string of the molecule is CCOc1ccc(/C(O)=C2\C(=O)C(=O)N(c3nc4ccc(CC)cc4s3)C2c2cccc([N+](=O)[O-])c2)cc1. The van der Waals surface area contributed by atoms with Crippen LogP contribution in [0.25, 0.3) is 16.0 Å². The van der Waals surface area contributed by atoms with Gasteiger partial charge in [0.2, 0.25) is 0 Å². The number of Topliss-reactive ketones (excluding diaryl/α,β-unsaturated/α-hetero) is 1. The predicted molar refractivity (Wildman–Crippen MR) is 144 cm³/mol. The number of nitro benzene ring substituents is 1. The van der Waals surface area contributed by atoms with Crippen molar-refractivity contribution in [3.05, 3.63) is 99.1 Å². The number of aliphatic hydroxyl groups excluding tert-OH is 1. The largest absolute Gasteiger partial charge is 0.507 e. The first-order valence-corrected chi connectivity index (χ1v) is 12.8. The van der Waals surface area contributed by atoms with Gasteiger partial charge in [0.05, 0.1) is 33.4 Å². The molecule has 5 rings (SSSR count). The molecular weight excluding hydrogens is 506 g/mol. The van der Waals surface area contributed by atoms with Crippen LogP contribution >= 0.6 is 11.3 Å². The van der Waals surface area contributed by atoms with Gasteiger partial charge in [-0.2, -0.15) is 0 Å². The summed E-state index contributed by atoms with van der Waals surface area (Å²) in [5, 5.41) is 23.1. The van der Waals surface area contributed by atoms with E-state index in [-0.39, 0.29) is 22.2 Å². The van der Waals surface area contributed by atoms with Crippen LogP contribution in [-0.4, -0.2) is 33.3 Å². The van der Waals surface area contributed by atoms with Gasteiger partial charge in [0.25, 0.3) is 11.5 Å². The fourth-order valence-corrected chi connectivity index (χ4v) is 5.52. The fourth-order valence-electron chi connectivity index (χ4n) is 4.46. The molecule has 38 heavy (non-hydrogen) atoms. The molecule has 1 fully saturated rings. The van der Waals surface area contributed by atoms with Crippen molar-refractivity contribution in [2.24, 2.45) is 0 Å². The Balaban J connectivity index is 1.70. The number of hydrogen-bond donors (Lipinski definition) is 1. The Morgan fingerprint density at radius 3 is 2.55 bits per heavy atom. The molecule has 1 N–H and O–H groups in total. The number of nitro groups is 1. The summed E-state index contributed by atoms with van der Waals surface area (Å²) in [5.74, 6) is -1.58. The van der Waals surface area contributed by atoms with Gasteiger partial charge in [0.1, 0.15) is 11.5 Å². The lowest BCUT2D eigenvalue weighted by Gasteiger charge is -2.22. The van der Waals surface area contributed by atoms with Crippen LogP contribution in [-0.2, 0) is 16.0 Å². The number of fused-ring (bicyclic) bond motifs is 1. The van der Waals surface area contributed by atoms with Gasteiger partial charge < -0.3 is 9.84 Å². The van der Waals surface area contributed by atoms with Crippen molar-refractivity contribution in [2.75, 3.05) is 11.5 Å². The summed E-state index contributed by atoms with van der Waals surface area (Å²) in [6.07, 6.45) is 0.823. The summed E-state index contributed by atoms with van der Waals surface area (Å²) in [5.41, 5.74) is 1.99. The number of anilines is 1. The second kappa shape index (κ2) is 10.1. The van der Waals surface area contributed by atoms with E-state index in [2.05, 4.69) is 4.98 Å². The summed E-state index contributed by atoms with van der Waals surface area (Å²) >= 11 is 1.24. The molecule has 0 spiro atoms. The fraction of sp³-hybridized carbons (Fsp3) is 0.179. The number of ether oxygens (including phenoxy) is 1. The van der Waals surface area contributed by atoms with Gasteiger partial charge in [-0.3, -0.25) is 24.6 Å². The topological polar surface area (TPSA) is 123 Å². The molecule has 1 amide bonds. The number of amides is 1. The molecule has 0 radical (unpaired) electrons. The minimum Gasteiger partial charge on any atom is -0.507 e. The van der Waals surface area contributed by atoms with Gasteiger partial charge in [-0.1, -0.05) is 36.5 Å². The van der Waals surface area contributed by atoms with Crippen molar-refractivity contribution in [1.82, 2.24) is 4.98 Å². The van der Waals surface area contributed by atoms with Crippen LogP contribution in [0.3, 0.4) is 0 Å². The van der Waals surface area contributed by atoms with Crippen LogP contribution in [0.1, 0.15) is 36.6 Å². The predicted octanol–water partition coefficient (Wildman–Crippen LogP) is 5.79. The number of carbonyl (C=O) groups is 2. The van der Waals surface area contributed by atoms with Gasteiger partial charge in [0, 0.05) is 17.7 Å². The zero-order chi connectivity index (χ0) is 27.0. The maximum atomic E-state index is 13.4. The Bertz CT molecular complexity index is 1610. The first-order valence-electron chi connectivity index (χ1n) is 12.0. The molecule has 1 aliphatic rings. The number of aliphatic hydroxyl groups is 1. The lowest BCUT2D eigenvalue weighted by atomic mass is 9.95. The third-order valence-electron chi connectivity index (χ3n) is 6.34. The monoisotopic (exact) mass is 529 g/mol. The normalized spacial score (nSPS) is 16.8. The number of carbonyl (C=O) groups excluding carboxylic acids is 2.